The van der Waals surface area contributed by atoms with Crippen molar-refractivity contribution in [3.63, 3.8) is 0 Å². The van der Waals surface area contributed by atoms with Crippen molar-refractivity contribution in [2.24, 2.45) is 11.7 Å². The van der Waals surface area contributed by atoms with Gasteiger partial charge in [-0.2, -0.15) is 0 Å². The Morgan fingerprint density at radius 1 is 1.43 bits per heavy atom. The minimum absolute atomic E-state index is 0.187. The SMILES string of the molecule is NC1CCC1Cc1ccc(Cl)c(F)c1. The molecular weight excluding hydrogens is 201 g/mol. The topological polar surface area (TPSA) is 26.0 Å². The van der Waals surface area contributed by atoms with Gasteiger partial charge in [-0.25, -0.2) is 4.39 Å². The highest BCUT2D eigenvalue weighted by atomic mass is 35.5. The maximum Gasteiger partial charge on any atom is 0.142 e. The van der Waals surface area contributed by atoms with Crippen LogP contribution in [0.25, 0.3) is 0 Å². The Morgan fingerprint density at radius 2 is 2.21 bits per heavy atom. The molecule has 0 heterocycles. The van der Waals surface area contributed by atoms with E-state index < -0.39 is 0 Å². The molecule has 76 valence electrons. The van der Waals surface area contributed by atoms with Gasteiger partial charge in [-0.1, -0.05) is 17.7 Å². The Bertz CT molecular complexity index is 340. The van der Waals surface area contributed by atoms with E-state index in [0.717, 1.165) is 24.8 Å². The van der Waals surface area contributed by atoms with E-state index in [-0.39, 0.29) is 10.8 Å². The molecule has 1 saturated carbocycles. The van der Waals surface area contributed by atoms with E-state index in [1.54, 1.807) is 6.07 Å². The molecule has 2 N–H and O–H groups in total. The van der Waals surface area contributed by atoms with Crippen LogP contribution in [0.3, 0.4) is 0 Å². The fourth-order valence-electron chi connectivity index (χ4n) is 1.82. The monoisotopic (exact) mass is 213 g/mol. The second-order valence-electron chi connectivity index (χ2n) is 3.95. The molecule has 1 fully saturated rings. The van der Waals surface area contributed by atoms with Gasteiger partial charge in [0, 0.05) is 6.04 Å². The average Bonchev–Trinajstić information content (AvgIpc) is 2.17. The van der Waals surface area contributed by atoms with E-state index >= 15 is 0 Å². The lowest BCUT2D eigenvalue weighted by atomic mass is 9.76. The van der Waals surface area contributed by atoms with Gasteiger partial charge < -0.3 is 5.73 Å². The smallest absolute Gasteiger partial charge is 0.142 e. The number of halogens is 2. The molecule has 2 atom stereocenters. The number of hydrogen-bond acceptors (Lipinski definition) is 1. The van der Waals surface area contributed by atoms with Gasteiger partial charge >= 0.3 is 0 Å². The number of benzene rings is 1. The largest absolute Gasteiger partial charge is 0.327 e. The third-order valence-corrected chi connectivity index (χ3v) is 3.26. The molecule has 1 aromatic rings. The summed E-state index contributed by atoms with van der Waals surface area (Å²) in [5.74, 6) is 0.188. The Balaban J connectivity index is 2.06. The first-order valence-electron chi connectivity index (χ1n) is 4.86. The fraction of sp³-hybridized carbons (Fsp3) is 0.455. The predicted octanol–water partition coefficient (Wildman–Crippen LogP) is 2.76. The van der Waals surface area contributed by atoms with Crippen LogP contribution in [-0.2, 0) is 6.42 Å². The molecule has 2 rings (SSSR count). The highest BCUT2D eigenvalue weighted by molar-refractivity contribution is 6.30. The molecule has 0 bridgehead atoms. The number of rotatable bonds is 2. The van der Waals surface area contributed by atoms with Crippen LogP contribution in [0.1, 0.15) is 18.4 Å². The van der Waals surface area contributed by atoms with Crippen LogP contribution >= 0.6 is 11.6 Å². The summed E-state index contributed by atoms with van der Waals surface area (Å²) < 4.78 is 13.1. The number of hydrogen-bond donors (Lipinski definition) is 1. The zero-order valence-electron chi connectivity index (χ0n) is 7.84. The minimum atomic E-state index is -0.336. The summed E-state index contributed by atoms with van der Waals surface area (Å²) >= 11 is 5.59. The lowest BCUT2D eigenvalue weighted by Crippen LogP contribution is -2.40. The van der Waals surface area contributed by atoms with Crippen molar-refractivity contribution in [3.8, 4) is 0 Å². The Labute approximate surface area is 88.1 Å². The van der Waals surface area contributed by atoms with Crippen LogP contribution in [0.4, 0.5) is 4.39 Å². The molecule has 0 aromatic heterocycles. The van der Waals surface area contributed by atoms with Crippen LogP contribution in [0.2, 0.25) is 5.02 Å². The first-order valence-corrected chi connectivity index (χ1v) is 5.24. The zero-order chi connectivity index (χ0) is 10.1. The lowest BCUT2D eigenvalue weighted by Gasteiger charge is -2.33. The standard InChI is InChI=1S/C11H13ClFN/c12-9-3-1-7(6-10(9)13)5-8-2-4-11(8)14/h1,3,6,8,11H,2,4-5,14H2. The summed E-state index contributed by atoms with van der Waals surface area (Å²) in [6.45, 7) is 0. The van der Waals surface area contributed by atoms with Crippen molar-refractivity contribution in [2.45, 2.75) is 25.3 Å². The molecule has 1 aliphatic rings. The molecule has 0 saturated heterocycles. The Hall–Kier alpha value is -0.600. The summed E-state index contributed by atoms with van der Waals surface area (Å²) in [6.07, 6.45) is 3.13. The predicted molar refractivity (Wildman–Crippen MR) is 55.8 cm³/mol. The summed E-state index contributed by atoms with van der Waals surface area (Å²) in [5.41, 5.74) is 6.81. The summed E-state index contributed by atoms with van der Waals surface area (Å²) in [5, 5.41) is 0.187. The normalized spacial score (nSPS) is 25.9. The van der Waals surface area contributed by atoms with Crippen LogP contribution < -0.4 is 5.73 Å². The molecule has 0 spiro atoms. The molecule has 0 amide bonds. The van der Waals surface area contributed by atoms with Crippen LogP contribution in [-0.4, -0.2) is 6.04 Å². The molecule has 1 aliphatic carbocycles. The maximum atomic E-state index is 13.1. The molecule has 1 aromatic carbocycles. The van der Waals surface area contributed by atoms with Crippen LogP contribution in [0.15, 0.2) is 18.2 Å². The van der Waals surface area contributed by atoms with E-state index in [1.165, 1.54) is 6.07 Å². The van der Waals surface area contributed by atoms with Gasteiger partial charge in [-0.15, -0.1) is 0 Å². The number of nitrogens with two attached hydrogens (primary N) is 1. The molecule has 3 heteroatoms. The van der Waals surface area contributed by atoms with Crippen molar-refractivity contribution in [3.05, 3.63) is 34.6 Å². The Kier molecular flexibility index (Phi) is 2.75. The van der Waals surface area contributed by atoms with Gasteiger partial charge in [0.2, 0.25) is 0 Å². The molecule has 0 aliphatic heterocycles. The van der Waals surface area contributed by atoms with E-state index in [4.69, 9.17) is 17.3 Å². The van der Waals surface area contributed by atoms with Crippen molar-refractivity contribution in [2.75, 3.05) is 0 Å². The van der Waals surface area contributed by atoms with Crippen LogP contribution in [0, 0.1) is 11.7 Å². The molecule has 2 unspecified atom stereocenters. The first-order chi connectivity index (χ1) is 6.66. The molecule has 14 heavy (non-hydrogen) atoms. The van der Waals surface area contributed by atoms with Gasteiger partial charge in [-0.3, -0.25) is 0 Å². The van der Waals surface area contributed by atoms with Crippen molar-refractivity contribution in [1.29, 1.82) is 0 Å². The van der Waals surface area contributed by atoms with Gasteiger partial charge in [0.1, 0.15) is 5.82 Å². The molecule has 0 radical (unpaired) electrons. The van der Waals surface area contributed by atoms with Gasteiger partial charge in [0.15, 0.2) is 0 Å². The van der Waals surface area contributed by atoms with E-state index in [2.05, 4.69) is 0 Å². The van der Waals surface area contributed by atoms with Gasteiger partial charge in [-0.05, 0) is 42.9 Å². The minimum Gasteiger partial charge on any atom is -0.327 e. The summed E-state index contributed by atoms with van der Waals surface area (Å²) in [6, 6.07) is 5.29. The van der Waals surface area contributed by atoms with Gasteiger partial charge in [0.05, 0.1) is 5.02 Å². The first kappa shape index (κ1) is 9.94. The fourth-order valence-corrected chi connectivity index (χ4v) is 1.94. The van der Waals surface area contributed by atoms with E-state index in [0.29, 0.717) is 12.0 Å². The molecule has 1 nitrogen and oxygen atoms in total. The van der Waals surface area contributed by atoms with Gasteiger partial charge in [0.25, 0.3) is 0 Å². The molecular formula is C11H13ClFN. The summed E-state index contributed by atoms with van der Waals surface area (Å²) in [7, 11) is 0. The lowest BCUT2D eigenvalue weighted by molar-refractivity contribution is 0.255. The zero-order valence-corrected chi connectivity index (χ0v) is 8.60. The quantitative estimate of drug-likeness (QED) is 0.803. The average molecular weight is 214 g/mol. The maximum absolute atomic E-state index is 13.1. The summed E-state index contributed by atoms with van der Waals surface area (Å²) in [4.78, 5) is 0. The van der Waals surface area contributed by atoms with Crippen molar-refractivity contribution >= 4 is 11.6 Å². The van der Waals surface area contributed by atoms with Crippen molar-refractivity contribution < 1.29 is 4.39 Å². The van der Waals surface area contributed by atoms with E-state index in [9.17, 15) is 4.39 Å². The third-order valence-electron chi connectivity index (χ3n) is 2.96. The van der Waals surface area contributed by atoms with E-state index in [1.807, 2.05) is 6.07 Å². The van der Waals surface area contributed by atoms with Crippen LogP contribution in [0.5, 0.6) is 0 Å². The second-order valence-corrected chi connectivity index (χ2v) is 4.36. The second kappa shape index (κ2) is 3.87. The highest BCUT2D eigenvalue weighted by Crippen LogP contribution is 2.29. The Morgan fingerprint density at radius 3 is 2.71 bits per heavy atom. The third kappa shape index (κ3) is 1.91. The van der Waals surface area contributed by atoms with Crippen molar-refractivity contribution in [1.82, 2.24) is 0 Å². The highest BCUT2D eigenvalue weighted by Gasteiger charge is 2.27.